The van der Waals surface area contributed by atoms with Gasteiger partial charge in [-0.1, -0.05) is 50.6 Å². The number of aldehydes is 2. The van der Waals surface area contributed by atoms with E-state index in [9.17, 15) is 59.9 Å². The van der Waals surface area contributed by atoms with Gasteiger partial charge < -0.3 is 40.2 Å². The quantitative estimate of drug-likeness (QED) is 0.0285. The summed E-state index contributed by atoms with van der Waals surface area (Å²) in [6.45, 7) is 12.5. The molecule has 10 aromatic rings. The van der Waals surface area contributed by atoms with E-state index >= 15 is 0 Å². The molecule has 10 rings (SSSR count). The number of phenols is 1. The summed E-state index contributed by atoms with van der Waals surface area (Å²) in [6, 6.07) is 35.8. The molecule has 0 saturated heterocycles. The van der Waals surface area contributed by atoms with E-state index in [2.05, 4.69) is 40.5 Å². The van der Waals surface area contributed by atoms with Crippen molar-refractivity contribution in [1.29, 1.82) is 0 Å². The Morgan fingerprint density at radius 1 is 0.514 bits per heavy atom. The first-order chi connectivity index (χ1) is 49.9. The highest BCUT2D eigenvalue weighted by molar-refractivity contribution is 6.30. The number of nitrogens with two attached hydrogens (primary N) is 1. The lowest BCUT2D eigenvalue weighted by Gasteiger charge is -2.12. The summed E-state index contributed by atoms with van der Waals surface area (Å²) in [6.07, 6.45) is 1.85. The van der Waals surface area contributed by atoms with Crippen LogP contribution in [0.5, 0.6) is 40.2 Å². The fourth-order valence-corrected chi connectivity index (χ4v) is 8.65. The highest BCUT2D eigenvalue weighted by Crippen LogP contribution is 2.33. The van der Waals surface area contributed by atoms with Crippen molar-refractivity contribution >= 4 is 65.0 Å². The van der Waals surface area contributed by atoms with Gasteiger partial charge in [0, 0.05) is 104 Å². The van der Waals surface area contributed by atoms with Gasteiger partial charge in [0.25, 0.3) is 5.91 Å². The maximum atomic E-state index is 12.8. The molecule has 0 spiro atoms. The van der Waals surface area contributed by atoms with Crippen molar-refractivity contribution in [2.24, 2.45) is 0 Å². The van der Waals surface area contributed by atoms with E-state index in [4.69, 9.17) is 46.5 Å². The van der Waals surface area contributed by atoms with Gasteiger partial charge >= 0.3 is 18.4 Å². The molecule has 0 fully saturated rings. The molecule has 0 aliphatic rings. The molecular weight excluding hydrogens is 1400 g/mol. The zero-order valence-corrected chi connectivity index (χ0v) is 58.6. The number of amides is 2. The second-order valence-electron chi connectivity index (χ2n) is 22.0. The molecule has 4 aromatic carbocycles. The van der Waals surface area contributed by atoms with Gasteiger partial charge in [0.05, 0.1) is 23.4 Å². The van der Waals surface area contributed by atoms with Crippen LogP contribution in [0.3, 0.4) is 0 Å². The summed E-state index contributed by atoms with van der Waals surface area (Å²) < 4.78 is 96.3. The zero-order valence-electron chi connectivity index (χ0n) is 57.8. The fourth-order valence-electron chi connectivity index (χ4n) is 8.49. The van der Waals surface area contributed by atoms with Crippen LogP contribution in [0.1, 0.15) is 147 Å². The summed E-state index contributed by atoms with van der Waals surface area (Å²) in [7, 11) is 1.55. The fraction of sp³-hybridized carbons (Fsp3) is 0.197. The number of rotatable bonds is 19. The van der Waals surface area contributed by atoms with Gasteiger partial charge in [-0.25, -0.2) is 9.78 Å². The molecule has 29 heteroatoms. The minimum Gasteiger partial charge on any atom is -0.508 e. The predicted octanol–water partition coefficient (Wildman–Crippen LogP) is 17.1. The molecule has 105 heavy (non-hydrogen) atoms. The number of phenolic OH excluding ortho intramolecular Hbond substituents is 1. The molecule has 0 bridgehead atoms. The molecule has 0 atom stereocenters. The molecular formula is C76H72ClF6N9O13. The van der Waals surface area contributed by atoms with E-state index in [1.165, 1.54) is 24.7 Å². The number of halogens is 7. The van der Waals surface area contributed by atoms with Gasteiger partial charge in [0.1, 0.15) is 88.0 Å². The smallest absolute Gasteiger partial charge is 0.417 e. The topological polar surface area (TPSA) is 324 Å². The molecule has 0 unspecified atom stereocenters. The number of ketones is 3. The molecule has 6 heterocycles. The third kappa shape index (κ3) is 27.9. The zero-order chi connectivity index (χ0) is 77.4. The van der Waals surface area contributed by atoms with Crippen LogP contribution in [0.15, 0.2) is 183 Å². The van der Waals surface area contributed by atoms with Crippen molar-refractivity contribution in [2.45, 2.75) is 93.3 Å². The van der Waals surface area contributed by atoms with Crippen molar-refractivity contribution in [2.75, 3.05) is 18.1 Å². The van der Waals surface area contributed by atoms with Gasteiger partial charge in [0.15, 0.2) is 17.3 Å². The molecule has 0 aliphatic carbocycles. The SMILES string of the molecule is CCC(=O)c1cc(Cl)ccn1.CCC(=O)c1cc(Oc2ccc(C=O)cc2C)ccn1.CCC(=O)c1cc(Oc2ccc(COC(=O)Nc3cc(C(F)(F)F)ccn3)cc2C)ccn1.CNC(=O)c1cc(Oc2ccc(CO)cc2C)ccn1.Cc1cc(C=O)ccc1O.Nc1cncc(C(F)(F)F)c1. The number of nitrogen functional groups attached to an aromatic ring is 1. The number of carbonyl (C=O) groups is 7. The van der Waals surface area contributed by atoms with Gasteiger partial charge in [-0.2, -0.15) is 26.3 Å². The number of ether oxygens (including phenoxy) is 4. The molecule has 548 valence electrons. The Hall–Kier alpha value is -12.3. The first kappa shape index (κ1) is 83.4. The molecule has 2 amide bonds. The number of alkyl halides is 6. The van der Waals surface area contributed by atoms with E-state index in [0.717, 1.165) is 77.2 Å². The van der Waals surface area contributed by atoms with Crippen molar-refractivity contribution in [3.63, 3.8) is 0 Å². The predicted molar refractivity (Wildman–Crippen MR) is 379 cm³/mol. The second-order valence-corrected chi connectivity index (χ2v) is 22.4. The van der Waals surface area contributed by atoms with Gasteiger partial charge in [-0.15, -0.1) is 0 Å². The summed E-state index contributed by atoms with van der Waals surface area (Å²) in [5.41, 5.74) is 10.7. The molecule has 0 radical (unpaired) electrons. The lowest BCUT2D eigenvalue weighted by Crippen LogP contribution is -2.18. The lowest BCUT2D eigenvalue weighted by atomic mass is 10.1. The van der Waals surface area contributed by atoms with Crippen LogP contribution in [0.25, 0.3) is 0 Å². The lowest BCUT2D eigenvalue weighted by molar-refractivity contribution is -0.138. The molecule has 6 aromatic heterocycles. The Morgan fingerprint density at radius 2 is 0.952 bits per heavy atom. The van der Waals surface area contributed by atoms with E-state index in [-0.39, 0.29) is 53.7 Å². The largest absolute Gasteiger partial charge is 0.508 e. The van der Waals surface area contributed by atoms with Crippen molar-refractivity contribution in [3.05, 3.63) is 266 Å². The summed E-state index contributed by atoms with van der Waals surface area (Å²) >= 11 is 5.65. The first-order valence-electron chi connectivity index (χ1n) is 31.6. The number of hydrogen-bond donors (Lipinski definition) is 5. The Bertz CT molecular complexity index is 4640. The number of aromatic nitrogens is 6. The van der Waals surface area contributed by atoms with Gasteiger partial charge in [-0.3, -0.25) is 59.0 Å². The number of benzene rings is 4. The van der Waals surface area contributed by atoms with Crippen LogP contribution < -0.4 is 30.6 Å². The number of Topliss-reactive ketones (excluding diaryl/α,β-unsaturated/α-hetero) is 3. The van der Waals surface area contributed by atoms with E-state index in [1.807, 2.05) is 19.9 Å². The van der Waals surface area contributed by atoms with E-state index in [0.29, 0.717) is 98.2 Å². The standard InChI is InChI=1S/C23H20F3N3O4.C16H15NO3.C15H16N2O3.C8H8ClNO.C8H8O2.C6H5F3N2/c1-3-19(30)18-12-17(7-9-27-18)33-20-5-4-15(10-14(20)2)13-32-22(31)29-21-11-16(6-8-28-21)23(24,25)26;1-3-15(19)14-9-13(6-7-17-14)20-16-5-4-12(10-18)8-11(16)2;1-10-7-11(9-18)3-4-14(10)20-12-5-6-17-13(8-12)15(19)16-2;1-2-8(11)7-5-6(9)3-4-10-7;1-6-4-7(5-9)2-3-8(6)10;7-6(8,9)4-1-5(10)3-11-2-4/h4-12H,3,13H2,1-2H3,(H,28,29,31);4-10H,3H2,1-2H3;3-8,18H,9H2,1-2H3,(H,16,19);3-5H,2H2,1H3;2-5,10H,1H3;1-3H,10H2. The van der Waals surface area contributed by atoms with Crippen molar-refractivity contribution in [1.82, 2.24) is 35.2 Å². The van der Waals surface area contributed by atoms with E-state index in [1.54, 1.807) is 157 Å². The number of carbonyl (C=O) groups excluding carboxylic acids is 7. The maximum Gasteiger partial charge on any atom is 0.417 e. The number of nitrogens with zero attached hydrogens (tertiary/aromatic N) is 6. The number of aliphatic hydroxyl groups is 1. The summed E-state index contributed by atoms with van der Waals surface area (Å²) in [4.78, 5) is 102. The Balaban J connectivity index is 0.000000240. The highest BCUT2D eigenvalue weighted by atomic mass is 35.5. The van der Waals surface area contributed by atoms with Crippen molar-refractivity contribution < 1.29 is 89.1 Å². The van der Waals surface area contributed by atoms with Crippen LogP contribution >= 0.6 is 11.6 Å². The second kappa shape index (κ2) is 41.0. The Labute approximate surface area is 604 Å². The average molecular weight is 1470 g/mol. The van der Waals surface area contributed by atoms with Crippen LogP contribution in [0.4, 0.5) is 42.6 Å². The van der Waals surface area contributed by atoms with Crippen LogP contribution in [0, 0.1) is 27.7 Å². The number of aromatic hydroxyl groups is 1. The van der Waals surface area contributed by atoms with Crippen LogP contribution in [0.2, 0.25) is 5.02 Å². The Morgan fingerprint density at radius 3 is 1.39 bits per heavy atom. The van der Waals surface area contributed by atoms with Crippen LogP contribution in [-0.2, 0) is 30.3 Å². The number of pyridine rings is 6. The minimum atomic E-state index is -4.55. The summed E-state index contributed by atoms with van der Waals surface area (Å²) in [5.74, 6) is 3.02. The number of anilines is 2. The first-order valence-corrected chi connectivity index (χ1v) is 32.0. The third-order valence-electron chi connectivity index (χ3n) is 14.0. The third-order valence-corrected chi connectivity index (χ3v) is 14.2. The minimum absolute atomic E-state index is 0.00278. The average Bonchev–Trinajstić information content (AvgIpc) is 0.878. The normalized spacial score (nSPS) is 10.4. The number of aliphatic hydroxyl groups excluding tert-OH is 1. The molecule has 22 nitrogen and oxygen atoms in total. The van der Waals surface area contributed by atoms with Crippen molar-refractivity contribution in [3.8, 4) is 40.2 Å². The summed E-state index contributed by atoms with van der Waals surface area (Å²) in [5, 5.41) is 23.3. The van der Waals surface area contributed by atoms with Gasteiger partial charge in [0.2, 0.25) is 0 Å². The number of hydrogen-bond acceptors (Lipinski definition) is 20. The molecule has 6 N–H and O–H groups in total. The molecule has 0 saturated carbocycles. The number of nitrogens with one attached hydrogen (secondary N) is 2. The van der Waals surface area contributed by atoms with Crippen LogP contribution in [-0.4, -0.2) is 89.1 Å². The van der Waals surface area contributed by atoms with Gasteiger partial charge in [-0.05, 0) is 164 Å². The molecule has 0 aliphatic heterocycles. The highest BCUT2D eigenvalue weighted by Gasteiger charge is 2.32. The maximum absolute atomic E-state index is 12.8. The van der Waals surface area contributed by atoms with E-state index < -0.39 is 29.6 Å². The Kier molecular flexibility index (Phi) is 32.5. The monoisotopic (exact) mass is 1470 g/mol. The number of aryl methyl sites for hydroxylation is 4.